The van der Waals surface area contributed by atoms with E-state index >= 15 is 0 Å². The Morgan fingerprint density at radius 1 is 1.36 bits per heavy atom. The van der Waals surface area contributed by atoms with Crippen molar-refractivity contribution < 1.29 is 19.8 Å². The van der Waals surface area contributed by atoms with Gasteiger partial charge < -0.3 is 20.8 Å². The van der Waals surface area contributed by atoms with Crippen LogP contribution >= 0.6 is 0 Å². The lowest BCUT2D eigenvalue weighted by Crippen LogP contribution is -2.50. The SMILES string of the molecule is C=CC[C@H](CC(=O)NC1(CO)CCCC1)C(=O)NC[C@H](C)O. The first kappa shape index (κ1) is 18.6. The van der Waals surface area contributed by atoms with E-state index in [1.807, 2.05) is 0 Å². The molecule has 1 saturated carbocycles. The number of rotatable bonds is 9. The smallest absolute Gasteiger partial charge is 0.224 e. The van der Waals surface area contributed by atoms with Gasteiger partial charge in [0.05, 0.1) is 24.2 Å². The van der Waals surface area contributed by atoms with Crippen molar-refractivity contribution in [2.75, 3.05) is 13.2 Å². The molecule has 0 bridgehead atoms. The van der Waals surface area contributed by atoms with E-state index in [0.29, 0.717) is 6.42 Å². The highest BCUT2D eigenvalue weighted by atomic mass is 16.3. The molecule has 6 heteroatoms. The van der Waals surface area contributed by atoms with Gasteiger partial charge in [-0.2, -0.15) is 0 Å². The summed E-state index contributed by atoms with van der Waals surface area (Å²) >= 11 is 0. The van der Waals surface area contributed by atoms with Gasteiger partial charge in [-0.25, -0.2) is 0 Å². The minimum Gasteiger partial charge on any atom is -0.394 e. The predicted octanol–water partition coefficient (Wildman–Crippen LogP) is 0.487. The van der Waals surface area contributed by atoms with Gasteiger partial charge in [-0.1, -0.05) is 18.9 Å². The number of amides is 2. The number of aliphatic hydroxyl groups excluding tert-OH is 2. The average Bonchev–Trinajstić information content (AvgIpc) is 2.93. The monoisotopic (exact) mass is 312 g/mol. The maximum Gasteiger partial charge on any atom is 0.224 e. The van der Waals surface area contributed by atoms with Crippen molar-refractivity contribution in [3.05, 3.63) is 12.7 Å². The molecule has 1 fully saturated rings. The summed E-state index contributed by atoms with van der Waals surface area (Å²) in [6, 6.07) is 0. The molecule has 0 radical (unpaired) electrons. The lowest BCUT2D eigenvalue weighted by molar-refractivity contribution is -0.131. The summed E-state index contributed by atoms with van der Waals surface area (Å²) in [5.74, 6) is -0.996. The fraction of sp³-hybridized carbons (Fsp3) is 0.750. The Balaban J connectivity index is 2.55. The van der Waals surface area contributed by atoms with E-state index in [1.165, 1.54) is 0 Å². The molecule has 22 heavy (non-hydrogen) atoms. The van der Waals surface area contributed by atoms with E-state index in [9.17, 15) is 19.8 Å². The molecule has 6 nitrogen and oxygen atoms in total. The molecule has 0 spiro atoms. The molecule has 1 aliphatic rings. The van der Waals surface area contributed by atoms with Crippen LogP contribution in [0.25, 0.3) is 0 Å². The topological polar surface area (TPSA) is 98.7 Å². The Morgan fingerprint density at radius 3 is 2.50 bits per heavy atom. The maximum absolute atomic E-state index is 12.2. The molecule has 0 aliphatic heterocycles. The first-order chi connectivity index (χ1) is 10.4. The minimum absolute atomic E-state index is 0.0550. The zero-order valence-corrected chi connectivity index (χ0v) is 13.3. The second-order valence-corrected chi connectivity index (χ2v) is 6.21. The van der Waals surface area contributed by atoms with Crippen molar-refractivity contribution in [1.82, 2.24) is 10.6 Å². The minimum atomic E-state index is -0.627. The van der Waals surface area contributed by atoms with Gasteiger partial charge in [-0.3, -0.25) is 9.59 Å². The molecule has 2 amide bonds. The van der Waals surface area contributed by atoms with Gasteiger partial charge in [0.1, 0.15) is 0 Å². The van der Waals surface area contributed by atoms with Crippen LogP contribution in [-0.2, 0) is 9.59 Å². The molecule has 0 unspecified atom stereocenters. The van der Waals surface area contributed by atoms with Crippen LogP contribution in [0.5, 0.6) is 0 Å². The summed E-state index contributed by atoms with van der Waals surface area (Å²) in [5, 5.41) is 24.2. The Morgan fingerprint density at radius 2 is 2.00 bits per heavy atom. The zero-order valence-electron chi connectivity index (χ0n) is 13.3. The predicted molar refractivity (Wildman–Crippen MR) is 84.0 cm³/mol. The van der Waals surface area contributed by atoms with Gasteiger partial charge in [-0.15, -0.1) is 6.58 Å². The van der Waals surface area contributed by atoms with Crippen molar-refractivity contribution in [2.45, 2.75) is 57.1 Å². The van der Waals surface area contributed by atoms with E-state index in [-0.39, 0.29) is 31.4 Å². The molecule has 2 atom stereocenters. The zero-order chi connectivity index (χ0) is 16.6. The molecule has 0 saturated heterocycles. The van der Waals surface area contributed by atoms with Gasteiger partial charge >= 0.3 is 0 Å². The third kappa shape index (κ3) is 5.77. The van der Waals surface area contributed by atoms with Gasteiger partial charge in [0.25, 0.3) is 0 Å². The van der Waals surface area contributed by atoms with E-state index in [2.05, 4.69) is 17.2 Å². The first-order valence-corrected chi connectivity index (χ1v) is 7.91. The maximum atomic E-state index is 12.2. The Bertz CT molecular complexity index is 390. The van der Waals surface area contributed by atoms with Gasteiger partial charge in [0.15, 0.2) is 0 Å². The molecule has 4 N–H and O–H groups in total. The molecule has 1 rings (SSSR count). The summed E-state index contributed by atoms with van der Waals surface area (Å²) in [6.07, 6.45) is 4.96. The van der Waals surface area contributed by atoms with Crippen LogP contribution in [0.3, 0.4) is 0 Å². The Hall–Kier alpha value is -1.40. The van der Waals surface area contributed by atoms with E-state index in [4.69, 9.17) is 0 Å². The summed E-state index contributed by atoms with van der Waals surface area (Å²) in [4.78, 5) is 24.3. The standard InChI is InChI=1S/C16H28N2O4/c1-3-6-13(15(22)17-10-12(2)20)9-14(21)18-16(11-19)7-4-5-8-16/h3,12-13,19-20H,1,4-11H2,2H3,(H,17,22)(H,18,21)/t12-,13+/m0/s1. The summed E-state index contributed by atoms with van der Waals surface area (Å²) < 4.78 is 0. The highest BCUT2D eigenvalue weighted by Gasteiger charge is 2.35. The lowest BCUT2D eigenvalue weighted by Gasteiger charge is -2.28. The van der Waals surface area contributed by atoms with Gasteiger partial charge in [0.2, 0.25) is 11.8 Å². The quantitative estimate of drug-likeness (QED) is 0.466. The lowest BCUT2D eigenvalue weighted by atomic mass is 9.95. The van der Waals surface area contributed by atoms with Gasteiger partial charge in [-0.05, 0) is 26.2 Å². The molecule has 0 aromatic carbocycles. The number of hydrogen-bond donors (Lipinski definition) is 4. The summed E-state index contributed by atoms with van der Waals surface area (Å²) in [5.41, 5.74) is -0.522. The van der Waals surface area contributed by atoms with E-state index < -0.39 is 17.6 Å². The Kier molecular flexibility index (Phi) is 7.55. The largest absolute Gasteiger partial charge is 0.394 e. The second-order valence-electron chi connectivity index (χ2n) is 6.21. The number of hydrogen-bond acceptors (Lipinski definition) is 4. The molecular weight excluding hydrogens is 284 g/mol. The average molecular weight is 312 g/mol. The third-order valence-corrected chi connectivity index (χ3v) is 4.09. The fourth-order valence-electron chi connectivity index (χ4n) is 2.82. The fourth-order valence-corrected chi connectivity index (χ4v) is 2.82. The van der Waals surface area contributed by atoms with E-state index in [1.54, 1.807) is 13.0 Å². The van der Waals surface area contributed by atoms with Gasteiger partial charge in [0, 0.05) is 13.0 Å². The van der Waals surface area contributed by atoms with Crippen LogP contribution in [0.2, 0.25) is 0 Å². The highest BCUT2D eigenvalue weighted by Crippen LogP contribution is 2.29. The van der Waals surface area contributed by atoms with Crippen LogP contribution in [0.1, 0.15) is 45.4 Å². The van der Waals surface area contributed by atoms with Crippen molar-refractivity contribution >= 4 is 11.8 Å². The molecule has 0 aromatic heterocycles. The summed E-state index contributed by atoms with van der Waals surface area (Å²) in [6.45, 7) is 5.29. The first-order valence-electron chi connectivity index (χ1n) is 7.91. The van der Waals surface area contributed by atoms with Crippen molar-refractivity contribution in [1.29, 1.82) is 0 Å². The molecule has 0 aromatic rings. The highest BCUT2D eigenvalue weighted by molar-refractivity contribution is 5.86. The van der Waals surface area contributed by atoms with Crippen molar-refractivity contribution in [3.63, 3.8) is 0 Å². The number of nitrogens with one attached hydrogen (secondary N) is 2. The second kappa shape index (κ2) is 8.90. The molecule has 0 heterocycles. The Labute approximate surface area is 132 Å². The number of carbonyl (C=O) groups excluding carboxylic acids is 2. The van der Waals surface area contributed by atoms with Crippen molar-refractivity contribution in [3.8, 4) is 0 Å². The number of carbonyl (C=O) groups is 2. The summed E-state index contributed by atoms with van der Waals surface area (Å²) in [7, 11) is 0. The van der Waals surface area contributed by atoms with Crippen LogP contribution < -0.4 is 10.6 Å². The van der Waals surface area contributed by atoms with Crippen LogP contribution in [0.15, 0.2) is 12.7 Å². The van der Waals surface area contributed by atoms with E-state index in [0.717, 1.165) is 25.7 Å². The number of allylic oxidation sites excluding steroid dienone is 1. The molecule has 126 valence electrons. The van der Waals surface area contributed by atoms with Crippen molar-refractivity contribution in [2.24, 2.45) is 5.92 Å². The van der Waals surface area contributed by atoms with Crippen LogP contribution in [-0.4, -0.2) is 46.8 Å². The van der Waals surface area contributed by atoms with Crippen LogP contribution in [0.4, 0.5) is 0 Å². The molecular formula is C16H28N2O4. The third-order valence-electron chi connectivity index (χ3n) is 4.09. The van der Waals surface area contributed by atoms with Crippen LogP contribution in [0, 0.1) is 5.92 Å². The number of aliphatic hydroxyl groups is 2. The molecule has 1 aliphatic carbocycles. The normalized spacial score (nSPS) is 19.2.